The second-order valence-corrected chi connectivity index (χ2v) is 5.03. The molecule has 19 heavy (non-hydrogen) atoms. The molecule has 2 aromatic rings. The largest absolute Gasteiger partial charge is 0.379 e. The Morgan fingerprint density at radius 2 is 2.26 bits per heavy atom. The average molecular weight is 260 g/mol. The molecular formula is C15H17FN2O. The van der Waals surface area contributed by atoms with Crippen LogP contribution in [0.4, 0.5) is 10.1 Å². The van der Waals surface area contributed by atoms with Gasteiger partial charge in [-0.3, -0.25) is 4.98 Å². The Morgan fingerprint density at radius 1 is 1.37 bits per heavy atom. The van der Waals surface area contributed by atoms with Crippen LogP contribution < -0.4 is 5.32 Å². The zero-order chi connectivity index (χ0) is 13.2. The number of aromatic nitrogens is 1. The predicted octanol–water partition coefficient (Wildman–Crippen LogP) is 3.27. The van der Waals surface area contributed by atoms with Crippen LogP contribution in [0.25, 0.3) is 10.9 Å². The van der Waals surface area contributed by atoms with Crippen molar-refractivity contribution >= 4 is 16.6 Å². The van der Waals surface area contributed by atoms with E-state index in [4.69, 9.17) is 4.74 Å². The predicted molar refractivity (Wildman–Crippen MR) is 73.9 cm³/mol. The van der Waals surface area contributed by atoms with Crippen molar-refractivity contribution in [3.63, 3.8) is 0 Å². The van der Waals surface area contributed by atoms with E-state index in [1.807, 2.05) is 13.0 Å². The number of rotatable bonds is 2. The number of nitrogens with zero attached hydrogens (tertiary/aromatic N) is 1. The number of aryl methyl sites for hydroxylation is 1. The first kappa shape index (κ1) is 12.4. The van der Waals surface area contributed by atoms with Crippen molar-refractivity contribution in [2.45, 2.75) is 25.8 Å². The van der Waals surface area contributed by atoms with Crippen LogP contribution in [0.1, 0.15) is 18.5 Å². The molecule has 1 aromatic carbocycles. The lowest BCUT2D eigenvalue weighted by atomic mass is 10.1. The van der Waals surface area contributed by atoms with Crippen molar-refractivity contribution in [1.82, 2.24) is 4.98 Å². The van der Waals surface area contributed by atoms with E-state index in [0.29, 0.717) is 12.6 Å². The molecule has 0 saturated carbocycles. The summed E-state index contributed by atoms with van der Waals surface area (Å²) in [6.07, 6.45) is 2.15. The van der Waals surface area contributed by atoms with E-state index >= 15 is 0 Å². The molecule has 2 heterocycles. The highest BCUT2D eigenvalue weighted by Crippen LogP contribution is 2.25. The fourth-order valence-corrected chi connectivity index (χ4v) is 2.52. The molecule has 1 aliphatic rings. The van der Waals surface area contributed by atoms with Crippen LogP contribution in [0.3, 0.4) is 0 Å². The first-order chi connectivity index (χ1) is 9.22. The van der Waals surface area contributed by atoms with Gasteiger partial charge in [-0.05, 0) is 44.0 Å². The highest BCUT2D eigenvalue weighted by atomic mass is 19.1. The van der Waals surface area contributed by atoms with E-state index in [9.17, 15) is 4.39 Å². The van der Waals surface area contributed by atoms with E-state index in [1.54, 1.807) is 6.07 Å². The van der Waals surface area contributed by atoms with Crippen molar-refractivity contribution in [2.24, 2.45) is 0 Å². The number of fused-ring (bicyclic) bond motifs is 1. The maximum absolute atomic E-state index is 13.4. The van der Waals surface area contributed by atoms with Gasteiger partial charge < -0.3 is 10.1 Å². The van der Waals surface area contributed by atoms with Gasteiger partial charge in [0.1, 0.15) is 5.82 Å². The summed E-state index contributed by atoms with van der Waals surface area (Å²) in [6, 6.07) is 6.97. The van der Waals surface area contributed by atoms with E-state index in [-0.39, 0.29) is 5.82 Å². The standard InChI is InChI=1S/C15H17FN2O/c1-10-7-15(18-12-3-2-6-19-9-12)13-8-11(16)4-5-14(13)17-10/h4-5,7-8,12H,2-3,6,9H2,1H3,(H,17,18). The van der Waals surface area contributed by atoms with Crippen LogP contribution in [-0.4, -0.2) is 24.2 Å². The number of hydrogen-bond donors (Lipinski definition) is 1. The second kappa shape index (κ2) is 5.13. The fourth-order valence-electron chi connectivity index (χ4n) is 2.52. The zero-order valence-corrected chi connectivity index (χ0v) is 10.9. The van der Waals surface area contributed by atoms with Crippen LogP contribution in [0, 0.1) is 12.7 Å². The average Bonchev–Trinajstić information content (AvgIpc) is 2.41. The number of ether oxygens (including phenoxy) is 1. The lowest BCUT2D eigenvalue weighted by Crippen LogP contribution is -2.30. The number of nitrogens with one attached hydrogen (secondary N) is 1. The van der Waals surface area contributed by atoms with Gasteiger partial charge in [0.25, 0.3) is 0 Å². The summed E-state index contributed by atoms with van der Waals surface area (Å²) in [5.74, 6) is -0.235. The van der Waals surface area contributed by atoms with Crippen LogP contribution >= 0.6 is 0 Å². The van der Waals surface area contributed by atoms with Gasteiger partial charge >= 0.3 is 0 Å². The van der Waals surface area contributed by atoms with Crippen molar-refractivity contribution < 1.29 is 9.13 Å². The third-order valence-corrected chi connectivity index (χ3v) is 3.42. The summed E-state index contributed by atoms with van der Waals surface area (Å²) < 4.78 is 18.9. The zero-order valence-electron chi connectivity index (χ0n) is 10.9. The van der Waals surface area contributed by atoms with E-state index in [0.717, 1.165) is 41.7 Å². The fraction of sp³-hybridized carbons (Fsp3) is 0.400. The lowest BCUT2D eigenvalue weighted by Gasteiger charge is -2.25. The summed E-state index contributed by atoms with van der Waals surface area (Å²) in [7, 11) is 0. The van der Waals surface area contributed by atoms with Gasteiger partial charge in [-0.2, -0.15) is 0 Å². The molecule has 0 bridgehead atoms. The van der Waals surface area contributed by atoms with E-state index < -0.39 is 0 Å². The molecule has 4 heteroatoms. The number of halogens is 1. The normalized spacial score (nSPS) is 19.6. The Labute approximate surface area is 111 Å². The van der Waals surface area contributed by atoms with Gasteiger partial charge in [-0.1, -0.05) is 0 Å². The Hall–Kier alpha value is -1.68. The Bertz CT molecular complexity index is 594. The topological polar surface area (TPSA) is 34.1 Å². The van der Waals surface area contributed by atoms with E-state index in [2.05, 4.69) is 10.3 Å². The lowest BCUT2D eigenvalue weighted by molar-refractivity contribution is 0.0876. The highest BCUT2D eigenvalue weighted by molar-refractivity contribution is 5.91. The molecule has 100 valence electrons. The Morgan fingerprint density at radius 3 is 3.05 bits per heavy atom. The first-order valence-electron chi connectivity index (χ1n) is 6.63. The number of hydrogen-bond acceptors (Lipinski definition) is 3. The van der Waals surface area contributed by atoms with Crippen LogP contribution in [0.2, 0.25) is 0 Å². The third kappa shape index (κ3) is 2.68. The van der Waals surface area contributed by atoms with Crippen molar-refractivity contribution in [1.29, 1.82) is 0 Å². The number of anilines is 1. The maximum Gasteiger partial charge on any atom is 0.124 e. The Kier molecular flexibility index (Phi) is 3.34. The van der Waals surface area contributed by atoms with Crippen LogP contribution in [0.5, 0.6) is 0 Å². The van der Waals surface area contributed by atoms with Gasteiger partial charge in [-0.25, -0.2) is 4.39 Å². The smallest absolute Gasteiger partial charge is 0.124 e. The van der Waals surface area contributed by atoms with Gasteiger partial charge in [0.15, 0.2) is 0 Å². The third-order valence-electron chi connectivity index (χ3n) is 3.42. The molecule has 1 saturated heterocycles. The minimum absolute atomic E-state index is 0.235. The molecule has 3 rings (SSSR count). The van der Waals surface area contributed by atoms with Crippen LogP contribution in [0.15, 0.2) is 24.3 Å². The molecule has 1 aliphatic heterocycles. The van der Waals surface area contributed by atoms with Gasteiger partial charge in [0.05, 0.1) is 12.1 Å². The molecule has 1 N–H and O–H groups in total. The van der Waals surface area contributed by atoms with Crippen molar-refractivity contribution in [3.8, 4) is 0 Å². The summed E-state index contributed by atoms with van der Waals surface area (Å²) >= 11 is 0. The molecule has 1 fully saturated rings. The minimum Gasteiger partial charge on any atom is -0.379 e. The molecule has 3 nitrogen and oxygen atoms in total. The molecule has 1 unspecified atom stereocenters. The molecule has 0 aliphatic carbocycles. The van der Waals surface area contributed by atoms with Gasteiger partial charge in [-0.15, -0.1) is 0 Å². The summed E-state index contributed by atoms with van der Waals surface area (Å²) in [5.41, 5.74) is 2.69. The van der Waals surface area contributed by atoms with E-state index in [1.165, 1.54) is 12.1 Å². The number of pyridine rings is 1. The first-order valence-corrected chi connectivity index (χ1v) is 6.63. The second-order valence-electron chi connectivity index (χ2n) is 5.03. The molecule has 0 spiro atoms. The summed E-state index contributed by atoms with van der Waals surface area (Å²) in [5, 5.41) is 4.29. The Balaban J connectivity index is 1.98. The quantitative estimate of drug-likeness (QED) is 0.899. The molecule has 0 radical (unpaired) electrons. The monoisotopic (exact) mass is 260 g/mol. The summed E-state index contributed by atoms with van der Waals surface area (Å²) in [6.45, 7) is 3.49. The van der Waals surface area contributed by atoms with Gasteiger partial charge in [0, 0.05) is 29.4 Å². The maximum atomic E-state index is 13.4. The van der Waals surface area contributed by atoms with Crippen molar-refractivity contribution in [3.05, 3.63) is 35.8 Å². The van der Waals surface area contributed by atoms with Crippen LogP contribution in [-0.2, 0) is 4.74 Å². The van der Waals surface area contributed by atoms with Gasteiger partial charge in [0.2, 0.25) is 0 Å². The number of benzene rings is 1. The minimum atomic E-state index is -0.235. The highest BCUT2D eigenvalue weighted by Gasteiger charge is 2.15. The molecule has 1 aromatic heterocycles. The summed E-state index contributed by atoms with van der Waals surface area (Å²) in [4.78, 5) is 4.43. The van der Waals surface area contributed by atoms with Crippen molar-refractivity contribution in [2.75, 3.05) is 18.5 Å². The molecular weight excluding hydrogens is 243 g/mol. The SMILES string of the molecule is Cc1cc(NC2CCCOC2)c2cc(F)ccc2n1. The molecule has 0 amide bonds. The molecule has 1 atom stereocenters.